The summed E-state index contributed by atoms with van der Waals surface area (Å²) in [5.74, 6) is -0.299. The average Bonchev–Trinajstić information content (AvgIpc) is 2.37. The van der Waals surface area contributed by atoms with E-state index in [1.165, 1.54) is 6.07 Å². The second kappa shape index (κ2) is 7.48. The second-order valence-electron chi connectivity index (χ2n) is 4.42. The number of nitrogens with zero attached hydrogens (tertiary/aromatic N) is 1. The molecule has 104 valence electrons. The van der Waals surface area contributed by atoms with Crippen molar-refractivity contribution < 1.29 is 9.72 Å². The van der Waals surface area contributed by atoms with Crippen molar-refractivity contribution in [2.75, 3.05) is 6.54 Å². The summed E-state index contributed by atoms with van der Waals surface area (Å²) >= 11 is 0. The minimum Gasteiger partial charge on any atom is -0.370 e. The molecule has 19 heavy (non-hydrogen) atoms. The van der Waals surface area contributed by atoms with Gasteiger partial charge in [-0.15, -0.1) is 0 Å². The molecule has 1 atom stereocenters. The van der Waals surface area contributed by atoms with Crippen LogP contribution in [0.3, 0.4) is 0 Å². The minimum atomic E-state index is -0.374. The molecule has 0 bridgehead atoms. The monoisotopic (exact) mass is 265 g/mol. The highest BCUT2D eigenvalue weighted by molar-refractivity contribution is 5.73. The van der Waals surface area contributed by atoms with Gasteiger partial charge in [-0.05, 0) is 26.3 Å². The van der Waals surface area contributed by atoms with Crippen molar-refractivity contribution in [2.24, 2.45) is 5.73 Å². The Morgan fingerprint density at radius 1 is 1.42 bits per heavy atom. The fourth-order valence-electron chi connectivity index (χ4n) is 1.87. The van der Waals surface area contributed by atoms with Crippen LogP contribution in [0.1, 0.15) is 37.8 Å². The predicted octanol–water partition coefficient (Wildman–Crippen LogP) is 1.90. The van der Waals surface area contributed by atoms with Gasteiger partial charge in [0, 0.05) is 24.1 Å². The molecule has 0 aromatic heterocycles. The summed E-state index contributed by atoms with van der Waals surface area (Å²) < 4.78 is 0. The lowest BCUT2D eigenvalue weighted by atomic mass is 10.1. The van der Waals surface area contributed by atoms with E-state index in [0.29, 0.717) is 18.5 Å². The molecule has 3 N–H and O–H groups in total. The highest BCUT2D eigenvalue weighted by Crippen LogP contribution is 2.24. The lowest BCUT2D eigenvalue weighted by Crippen LogP contribution is -2.21. The summed E-state index contributed by atoms with van der Waals surface area (Å²) in [6.07, 6.45) is 1.92. The van der Waals surface area contributed by atoms with E-state index in [2.05, 4.69) is 5.32 Å². The number of carbonyl (C=O) groups is 1. The zero-order valence-electron chi connectivity index (χ0n) is 11.0. The van der Waals surface area contributed by atoms with Gasteiger partial charge in [-0.25, -0.2) is 0 Å². The molecular weight excluding hydrogens is 246 g/mol. The third-order valence-electron chi connectivity index (χ3n) is 2.90. The number of benzene rings is 1. The largest absolute Gasteiger partial charge is 0.370 e. The van der Waals surface area contributed by atoms with E-state index in [-0.39, 0.29) is 22.6 Å². The number of para-hydroxylation sites is 1. The molecule has 1 amide bonds. The van der Waals surface area contributed by atoms with Crippen molar-refractivity contribution in [1.29, 1.82) is 0 Å². The molecular formula is C13H19N3O3. The Bertz CT molecular complexity index is 449. The fraction of sp³-hybridized carbons (Fsp3) is 0.462. The second-order valence-corrected chi connectivity index (χ2v) is 4.42. The Morgan fingerprint density at radius 2 is 2.11 bits per heavy atom. The molecule has 0 fully saturated rings. The molecule has 0 saturated carbocycles. The smallest absolute Gasteiger partial charge is 0.274 e. The Labute approximate surface area is 112 Å². The summed E-state index contributed by atoms with van der Waals surface area (Å²) in [6, 6.07) is 6.59. The van der Waals surface area contributed by atoms with E-state index in [1.54, 1.807) is 18.2 Å². The SMILES string of the molecule is CC(NCCCCC(N)=O)c1ccccc1[N+](=O)[O-]. The van der Waals surface area contributed by atoms with Crippen molar-refractivity contribution in [3.63, 3.8) is 0 Å². The normalized spacial score (nSPS) is 12.1. The average molecular weight is 265 g/mol. The van der Waals surface area contributed by atoms with Crippen LogP contribution in [0.4, 0.5) is 5.69 Å². The number of nitro benzene ring substituents is 1. The molecule has 0 saturated heterocycles. The van der Waals surface area contributed by atoms with E-state index in [1.807, 2.05) is 6.92 Å². The number of carbonyl (C=O) groups excluding carboxylic acids is 1. The molecule has 0 spiro atoms. The zero-order valence-corrected chi connectivity index (χ0v) is 11.0. The maximum Gasteiger partial charge on any atom is 0.274 e. The topological polar surface area (TPSA) is 98.3 Å². The Balaban J connectivity index is 2.47. The molecule has 6 nitrogen and oxygen atoms in total. The van der Waals surface area contributed by atoms with Crippen molar-refractivity contribution >= 4 is 11.6 Å². The van der Waals surface area contributed by atoms with Gasteiger partial charge in [-0.3, -0.25) is 14.9 Å². The number of hydrogen-bond donors (Lipinski definition) is 2. The molecule has 0 radical (unpaired) electrons. The highest BCUT2D eigenvalue weighted by atomic mass is 16.6. The molecule has 0 aliphatic rings. The number of unbranched alkanes of at least 4 members (excludes halogenated alkanes) is 1. The first-order valence-corrected chi connectivity index (χ1v) is 6.27. The van der Waals surface area contributed by atoms with Crippen LogP contribution >= 0.6 is 0 Å². The third kappa shape index (κ3) is 5.05. The van der Waals surface area contributed by atoms with E-state index in [0.717, 1.165) is 12.8 Å². The third-order valence-corrected chi connectivity index (χ3v) is 2.90. The van der Waals surface area contributed by atoms with Gasteiger partial charge in [0.05, 0.1) is 4.92 Å². The van der Waals surface area contributed by atoms with Crippen LogP contribution < -0.4 is 11.1 Å². The highest BCUT2D eigenvalue weighted by Gasteiger charge is 2.17. The number of rotatable bonds is 8. The molecule has 1 unspecified atom stereocenters. The van der Waals surface area contributed by atoms with Crippen LogP contribution in [0.25, 0.3) is 0 Å². The van der Waals surface area contributed by atoms with E-state index in [4.69, 9.17) is 5.73 Å². The van der Waals surface area contributed by atoms with Crippen molar-refractivity contribution in [2.45, 2.75) is 32.2 Å². The first-order valence-electron chi connectivity index (χ1n) is 6.27. The summed E-state index contributed by atoms with van der Waals surface area (Å²) in [6.45, 7) is 2.58. The molecule has 1 rings (SSSR count). The van der Waals surface area contributed by atoms with Gasteiger partial charge < -0.3 is 11.1 Å². The Hall–Kier alpha value is -1.95. The van der Waals surface area contributed by atoms with Crippen LogP contribution in [0, 0.1) is 10.1 Å². The number of nitro groups is 1. The summed E-state index contributed by atoms with van der Waals surface area (Å²) in [7, 11) is 0. The van der Waals surface area contributed by atoms with Crippen molar-refractivity contribution in [3.8, 4) is 0 Å². The fourth-order valence-corrected chi connectivity index (χ4v) is 1.87. The van der Waals surface area contributed by atoms with Gasteiger partial charge >= 0.3 is 0 Å². The number of amides is 1. The Kier molecular flexibility index (Phi) is 5.95. The summed E-state index contributed by atoms with van der Waals surface area (Å²) in [4.78, 5) is 21.1. The van der Waals surface area contributed by atoms with Gasteiger partial charge in [0.25, 0.3) is 5.69 Å². The van der Waals surface area contributed by atoms with Crippen molar-refractivity contribution in [3.05, 3.63) is 39.9 Å². The van der Waals surface area contributed by atoms with Gasteiger partial charge in [0.2, 0.25) is 5.91 Å². The molecule has 1 aromatic carbocycles. The number of nitrogens with one attached hydrogen (secondary N) is 1. The number of nitrogens with two attached hydrogens (primary N) is 1. The molecule has 0 aliphatic heterocycles. The van der Waals surface area contributed by atoms with Gasteiger partial charge in [0.1, 0.15) is 0 Å². The molecule has 0 aliphatic carbocycles. The number of hydrogen-bond acceptors (Lipinski definition) is 4. The van der Waals surface area contributed by atoms with Gasteiger partial charge in [-0.2, -0.15) is 0 Å². The summed E-state index contributed by atoms with van der Waals surface area (Å²) in [5.41, 5.74) is 5.84. The molecule has 0 heterocycles. The standard InChI is InChI=1S/C13H19N3O3/c1-10(15-9-5-4-8-13(14)17)11-6-2-3-7-12(11)16(18)19/h2-3,6-7,10,15H,4-5,8-9H2,1H3,(H2,14,17). The first-order chi connectivity index (χ1) is 9.02. The summed E-state index contributed by atoms with van der Waals surface area (Å²) in [5, 5.41) is 14.1. The van der Waals surface area contributed by atoms with Gasteiger partial charge in [0.15, 0.2) is 0 Å². The minimum absolute atomic E-state index is 0.102. The zero-order chi connectivity index (χ0) is 14.3. The maximum atomic E-state index is 10.9. The molecule has 1 aromatic rings. The van der Waals surface area contributed by atoms with Crippen molar-refractivity contribution in [1.82, 2.24) is 5.32 Å². The van der Waals surface area contributed by atoms with Gasteiger partial charge in [-0.1, -0.05) is 18.2 Å². The quantitative estimate of drug-likeness (QED) is 0.426. The van der Waals surface area contributed by atoms with Crippen LogP contribution in [-0.4, -0.2) is 17.4 Å². The van der Waals surface area contributed by atoms with Crippen LogP contribution in [0.5, 0.6) is 0 Å². The lowest BCUT2D eigenvalue weighted by Gasteiger charge is -2.14. The molecule has 6 heteroatoms. The van der Waals surface area contributed by atoms with E-state index < -0.39 is 0 Å². The van der Waals surface area contributed by atoms with Crippen LogP contribution in [-0.2, 0) is 4.79 Å². The predicted molar refractivity (Wildman–Crippen MR) is 72.6 cm³/mol. The first kappa shape index (κ1) is 15.1. The lowest BCUT2D eigenvalue weighted by molar-refractivity contribution is -0.385. The van der Waals surface area contributed by atoms with Crippen LogP contribution in [0.15, 0.2) is 24.3 Å². The van der Waals surface area contributed by atoms with E-state index in [9.17, 15) is 14.9 Å². The van der Waals surface area contributed by atoms with E-state index >= 15 is 0 Å². The van der Waals surface area contributed by atoms with Crippen LogP contribution in [0.2, 0.25) is 0 Å². The number of primary amides is 1. The Morgan fingerprint density at radius 3 is 2.74 bits per heavy atom. The maximum absolute atomic E-state index is 10.9.